The molecule has 0 amide bonds. The number of methoxy groups -OCH3 is 2. The van der Waals surface area contributed by atoms with E-state index in [4.69, 9.17) is 15.2 Å². The van der Waals surface area contributed by atoms with E-state index >= 15 is 0 Å². The lowest BCUT2D eigenvalue weighted by Crippen LogP contribution is -2.05. The van der Waals surface area contributed by atoms with Crippen molar-refractivity contribution in [3.05, 3.63) is 39.8 Å². The third kappa shape index (κ3) is 2.74. The summed E-state index contributed by atoms with van der Waals surface area (Å²) in [5.41, 5.74) is 6.33. The van der Waals surface area contributed by atoms with Crippen molar-refractivity contribution < 1.29 is 14.3 Å². The van der Waals surface area contributed by atoms with Crippen molar-refractivity contribution in [2.24, 2.45) is 5.73 Å². The molecule has 2 aromatic rings. The molecule has 0 fully saturated rings. The van der Waals surface area contributed by atoms with Crippen molar-refractivity contribution in [1.82, 2.24) is 4.98 Å². The van der Waals surface area contributed by atoms with Crippen molar-refractivity contribution in [1.29, 1.82) is 0 Å². The quantitative estimate of drug-likeness (QED) is 0.845. The van der Waals surface area contributed by atoms with Gasteiger partial charge in [-0.05, 0) is 12.1 Å². The van der Waals surface area contributed by atoms with Crippen LogP contribution in [-0.2, 0) is 6.54 Å². The maximum absolute atomic E-state index is 12.3. The number of benzene rings is 1. The van der Waals surface area contributed by atoms with Gasteiger partial charge in [0, 0.05) is 18.0 Å². The molecule has 19 heavy (non-hydrogen) atoms. The zero-order valence-electron chi connectivity index (χ0n) is 10.7. The van der Waals surface area contributed by atoms with Crippen LogP contribution in [0.3, 0.4) is 0 Å². The van der Waals surface area contributed by atoms with Crippen molar-refractivity contribution >= 4 is 17.1 Å². The fourth-order valence-corrected chi connectivity index (χ4v) is 2.29. The van der Waals surface area contributed by atoms with Crippen molar-refractivity contribution in [2.75, 3.05) is 14.2 Å². The Balaban J connectivity index is 2.37. The normalized spacial score (nSPS) is 10.3. The maximum Gasteiger partial charge on any atom is 0.215 e. The summed E-state index contributed by atoms with van der Waals surface area (Å²) in [7, 11) is 3.07. The van der Waals surface area contributed by atoms with E-state index < -0.39 is 0 Å². The fraction of sp³-hybridized carbons (Fsp3) is 0.231. The predicted molar refractivity (Wildman–Crippen MR) is 73.0 cm³/mol. The molecule has 0 saturated carbocycles. The molecule has 0 radical (unpaired) electrons. The smallest absolute Gasteiger partial charge is 0.215 e. The Labute approximate surface area is 115 Å². The van der Waals surface area contributed by atoms with E-state index in [-0.39, 0.29) is 5.78 Å². The molecule has 0 saturated heterocycles. The fourth-order valence-electron chi connectivity index (χ4n) is 1.63. The third-order valence-corrected chi connectivity index (χ3v) is 3.48. The summed E-state index contributed by atoms with van der Waals surface area (Å²) in [5.74, 6) is 0.913. The van der Waals surface area contributed by atoms with Crippen molar-refractivity contribution in [3.8, 4) is 11.5 Å². The number of carbonyl (C=O) groups is 1. The molecule has 0 atom stereocenters. The van der Waals surface area contributed by atoms with Gasteiger partial charge in [-0.15, -0.1) is 11.3 Å². The summed E-state index contributed by atoms with van der Waals surface area (Å²) in [6, 6.07) is 5.05. The van der Waals surface area contributed by atoms with Gasteiger partial charge in [0.25, 0.3) is 0 Å². The van der Waals surface area contributed by atoms with E-state index in [0.717, 1.165) is 5.01 Å². The van der Waals surface area contributed by atoms with Crippen LogP contribution in [0.15, 0.2) is 23.6 Å². The number of hydrogen-bond donors (Lipinski definition) is 1. The van der Waals surface area contributed by atoms with Crippen LogP contribution in [0, 0.1) is 0 Å². The lowest BCUT2D eigenvalue weighted by atomic mass is 10.1. The van der Waals surface area contributed by atoms with Gasteiger partial charge in [0.15, 0.2) is 0 Å². The first-order valence-electron chi connectivity index (χ1n) is 5.60. The minimum Gasteiger partial charge on any atom is -0.497 e. The Kier molecular flexibility index (Phi) is 4.13. The van der Waals surface area contributed by atoms with Crippen LogP contribution < -0.4 is 15.2 Å². The molecule has 1 aromatic carbocycles. The van der Waals surface area contributed by atoms with Crippen LogP contribution in [0.25, 0.3) is 0 Å². The summed E-state index contributed by atoms with van der Waals surface area (Å²) in [4.78, 5) is 16.5. The molecule has 0 aliphatic carbocycles. The lowest BCUT2D eigenvalue weighted by molar-refractivity contribution is 0.103. The number of rotatable bonds is 5. The van der Waals surface area contributed by atoms with Crippen molar-refractivity contribution in [3.63, 3.8) is 0 Å². The number of ether oxygens (including phenoxy) is 2. The Morgan fingerprint density at radius 2 is 2.16 bits per heavy atom. The van der Waals surface area contributed by atoms with Gasteiger partial charge in [-0.3, -0.25) is 4.79 Å². The van der Waals surface area contributed by atoms with Crippen LogP contribution >= 0.6 is 11.3 Å². The first kappa shape index (κ1) is 13.5. The molecule has 5 nitrogen and oxygen atoms in total. The van der Waals surface area contributed by atoms with Gasteiger partial charge in [0.05, 0.1) is 19.8 Å². The molecule has 6 heteroatoms. The van der Waals surface area contributed by atoms with Crippen LogP contribution in [0.4, 0.5) is 0 Å². The number of nitrogens with two attached hydrogens (primary N) is 1. The predicted octanol–water partition coefficient (Wildman–Crippen LogP) is 1.85. The molecule has 1 aromatic heterocycles. The second-order valence-electron chi connectivity index (χ2n) is 3.73. The molecule has 2 rings (SSSR count). The monoisotopic (exact) mass is 278 g/mol. The van der Waals surface area contributed by atoms with E-state index in [1.807, 2.05) is 0 Å². The molecule has 100 valence electrons. The number of aromatic nitrogens is 1. The highest BCUT2D eigenvalue weighted by Gasteiger charge is 2.17. The number of carbonyl (C=O) groups excluding carboxylic acids is 1. The second kappa shape index (κ2) is 5.81. The van der Waals surface area contributed by atoms with Gasteiger partial charge in [-0.1, -0.05) is 0 Å². The van der Waals surface area contributed by atoms with Crippen LogP contribution in [0.2, 0.25) is 0 Å². The number of hydrogen-bond acceptors (Lipinski definition) is 6. The summed E-state index contributed by atoms with van der Waals surface area (Å²) in [6.45, 7) is 0.331. The van der Waals surface area contributed by atoms with Crippen LogP contribution in [0.5, 0.6) is 11.5 Å². The molecular formula is C13H14N2O3S. The van der Waals surface area contributed by atoms with E-state index in [2.05, 4.69) is 4.98 Å². The highest BCUT2D eigenvalue weighted by Crippen LogP contribution is 2.27. The zero-order chi connectivity index (χ0) is 13.8. The van der Waals surface area contributed by atoms with E-state index in [1.165, 1.54) is 18.4 Å². The molecule has 0 aliphatic rings. The van der Waals surface area contributed by atoms with Crippen LogP contribution in [0.1, 0.15) is 21.1 Å². The Morgan fingerprint density at radius 1 is 1.37 bits per heavy atom. The van der Waals surface area contributed by atoms with E-state index in [9.17, 15) is 4.79 Å². The van der Waals surface area contributed by atoms with E-state index in [0.29, 0.717) is 29.3 Å². The number of nitrogens with zero attached hydrogens (tertiary/aromatic N) is 1. The Hall–Kier alpha value is -1.92. The summed E-state index contributed by atoms with van der Waals surface area (Å²) in [6.07, 6.45) is 0. The lowest BCUT2D eigenvalue weighted by Gasteiger charge is -2.08. The van der Waals surface area contributed by atoms with Gasteiger partial charge in [0.2, 0.25) is 5.78 Å². The minimum absolute atomic E-state index is 0.185. The van der Waals surface area contributed by atoms with Gasteiger partial charge >= 0.3 is 0 Å². The molecule has 0 unspecified atom stereocenters. The van der Waals surface area contributed by atoms with Gasteiger partial charge in [-0.2, -0.15) is 0 Å². The third-order valence-electron chi connectivity index (χ3n) is 2.61. The largest absolute Gasteiger partial charge is 0.497 e. The second-order valence-corrected chi connectivity index (χ2v) is 4.67. The van der Waals surface area contributed by atoms with Gasteiger partial charge < -0.3 is 15.2 Å². The van der Waals surface area contributed by atoms with Gasteiger partial charge in [0.1, 0.15) is 22.2 Å². The maximum atomic E-state index is 12.3. The average molecular weight is 278 g/mol. The summed E-state index contributed by atoms with van der Waals surface area (Å²) >= 11 is 1.37. The number of thiazole rings is 1. The van der Waals surface area contributed by atoms with Crippen molar-refractivity contribution in [2.45, 2.75) is 6.54 Å². The standard InChI is InChI=1S/C13H14N2O3S/c1-17-8-3-4-9(11(5-8)18-2)13(16)10-7-19-12(6-14)15-10/h3-5,7H,6,14H2,1-2H3. The van der Waals surface area contributed by atoms with E-state index in [1.54, 1.807) is 30.7 Å². The van der Waals surface area contributed by atoms with Gasteiger partial charge in [-0.25, -0.2) is 4.98 Å². The molecule has 0 aliphatic heterocycles. The highest BCUT2D eigenvalue weighted by atomic mass is 32.1. The average Bonchev–Trinajstić information content (AvgIpc) is 2.94. The first-order valence-corrected chi connectivity index (χ1v) is 6.48. The number of ketones is 1. The summed E-state index contributed by atoms with van der Waals surface area (Å²) in [5, 5.41) is 2.43. The first-order chi connectivity index (χ1) is 9.19. The Bertz CT molecular complexity index is 595. The molecule has 1 heterocycles. The Morgan fingerprint density at radius 3 is 2.74 bits per heavy atom. The summed E-state index contributed by atoms with van der Waals surface area (Å²) < 4.78 is 10.3. The topological polar surface area (TPSA) is 74.4 Å². The van der Waals surface area contributed by atoms with Crippen LogP contribution in [-0.4, -0.2) is 25.0 Å². The molecule has 2 N–H and O–H groups in total. The highest BCUT2D eigenvalue weighted by molar-refractivity contribution is 7.09. The zero-order valence-corrected chi connectivity index (χ0v) is 11.5. The minimum atomic E-state index is -0.185. The molecule has 0 bridgehead atoms. The molecule has 0 spiro atoms. The SMILES string of the molecule is COc1ccc(C(=O)c2csc(CN)n2)c(OC)c1. The molecular weight excluding hydrogens is 264 g/mol.